The van der Waals surface area contributed by atoms with Gasteiger partial charge in [-0.1, -0.05) is 26.8 Å². The number of rotatable bonds is 6. The van der Waals surface area contributed by atoms with Gasteiger partial charge in [-0.05, 0) is 6.07 Å². The summed E-state index contributed by atoms with van der Waals surface area (Å²) in [6, 6.07) is 2.57. The van der Waals surface area contributed by atoms with Crippen LogP contribution in [0.4, 0.5) is 0 Å². The molecule has 16 heavy (non-hydrogen) atoms. The van der Waals surface area contributed by atoms with Gasteiger partial charge in [0.2, 0.25) is 0 Å². The van der Waals surface area contributed by atoms with Gasteiger partial charge >= 0.3 is 0 Å². The second kappa shape index (κ2) is 5.30. The summed E-state index contributed by atoms with van der Waals surface area (Å²) in [5, 5.41) is 7.87. The van der Waals surface area contributed by atoms with Crippen LogP contribution in [0.5, 0.6) is 0 Å². The van der Waals surface area contributed by atoms with Crippen molar-refractivity contribution >= 4 is 0 Å². The molecule has 0 bridgehead atoms. The highest BCUT2D eigenvalue weighted by Crippen LogP contribution is 2.22. The molecule has 0 amide bonds. The van der Waals surface area contributed by atoms with Crippen LogP contribution in [-0.2, 0) is 13.5 Å². The van der Waals surface area contributed by atoms with E-state index >= 15 is 0 Å². The third-order valence-electron chi connectivity index (χ3n) is 2.76. The maximum absolute atomic E-state index is 4.41. The fourth-order valence-corrected chi connectivity index (χ4v) is 1.62. The van der Waals surface area contributed by atoms with E-state index in [1.165, 1.54) is 0 Å². The highest BCUT2D eigenvalue weighted by Gasteiger charge is 2.22. The Balaban J connectivity index is 2.62. The summed E-state index contributed by atoms with van der Waals surface area (Å²) in [4.78, 5) is 0. The zero-order valence-electron chi connectivity index (χ0n) is 10.8. The van der Waals surface area contributed by atoms with E-state index in [1.807, 2.05) is 24.0 Å². The van der Waals surface area contributed by atoms with Crippen molar-refractivity contribution in [3.63, 3.8) is 0 Å². The lowest BCUT2D eigenvalue weighted by atomic mass is 9.85. The number of nitrogens with one attached hydrogen (secondary N) is 1. The van der Waals surface area contributed by atoms with Crippen molar-refractivity contribution in [2.45, 2.75) is 33.2 Å². The predicted octanol–water partition coefficient (Wildman–Crippen LogP) is 2.15. The van der Waals surface area contributed by atoms with E-state index in [0.717, 1.165) is 18.7 Å². The molecule has 1 aromatic rings. The lowest BCUT2D eigenvalue weighted by Crippen LogP contribution is -2.35. The molecule has 3 nitrogen and oxygen atoms in total. The van der Waals surface area contributed by atoms with E-state index in [0.29, 0.717) is 6.04 Å². The molecule has 0 aliphatic heterocycles. The molecule has 0 aliphatic rings. The summed E-state index contributed by atoms with van der Waals surface area (Å²) in [6.07, 6.45) is 4.93. The number of aryl methyl sites for hydroxylation is 1. The van der Waals surface area contributed by atoms with Gasteiger partial charge in [0.05, 0.1) is 5.69 Å². The van der Waals surface area contributed by atoms with Crippen molar-refractivity contribution in [1.82, 2.24) is 15.1 Å². The molecular weight excluding hydrogens is 198 g/mol. The smallest absolute Gasteiger partial charge is 0.0633 e. The molecule has 0 aliphatic carbocycles. The van der Waals surface area contributed by atoms with Crippen molar-refractivity contribution in [3.8, 4) is 0 Å². The highest BCUT2D eigenvalue weighted by molar-refractivity contribution is 5.07. The van der Waals surface area contributed by atoms with Crippen LogP contribution < -0.4 is 5.32 Å². The zero-order valence-corrected chi connectivity index (χ0v) is 10.8. The minimum Gasteiger partial charge on any atom is -0.314 e. The molecule has 1 rings (SSSR count). The van der Waals surface area contributed by atoms with Gasteiger partial charge in [-0.3, -0.25) is 4.68 Å². The summed E-state index contributed by atoms with van der Waals surface area (Å²) < 4.78 is 1.84. The number of hydrogen-bond acceptors (Lipinski definition) is 2. The largest absolute Gasteiger partial charge is 0.314 e. The Morgan fingerprint density at radius 1 is 1.62 bits per heavy atom. The quantitative estimate of drug-likeness (QED) is 0.746. The fraction of sp³-hybridized carbons (Fsp3) is 0.615. The van der Waals surface area contributed by atoms with Crippen molar-refractivity contribution in [3.05, 3.63) is 30.6 Å². The van der Waals surface area contributed by atoms with Gasteiger partial charge in [0, 0.05) is 37.7 Å². The van der Waals surface area contributed by atoms with Crippen LogP contribution in [0.15, 0.2) is 24.9 Å². The van der Waals surface area contributed by atoms with Gasteiger partial charge in [-0.15, -0.1) is 6.58 Å². The SMILES string of the molecule is C=CC(C)(CNC(C)C)Cc1ccn(C)n1. The third-order valence-corrected chi connectivity index (χ3v) is 2.76. The Labute approximate surface area is 98.5 Å². The normalized spacial score (nSPS) is 15.1. The second-order valence-corrected chi connectivity index (χ2v) is 5.05. The number of aromatic nitrogens is 2. The maximum atomic E-state index is 4.41. The first-order valence-electron chi connectivity index (χ1n) is 5.81. The van der Waals surface area contributed by atoms with Crippen molar-refractivity contribution in [2.75, 3.05) is 6.54 Å². The third kappa shape index (κ3) is 3.81. The maximum Gasteiger partial charge on any atom is 0.0633 e. The van der Waals surface area contributed by atoms with Gasteiger partial charge in [0.15, 0.2) is 0 Å². The Hall–Kier alpha value is -1.09. The Bertz CT molecular complexity index is 341. The summed E-state index contributed by atoms with van der Waals surface area (Å²) in [5.74, 6) is 0. The van der Waals surface area contributed by atoms with E-state index in [1.54, 1.807) is 0 Å². The first-order chi connectivity index (χ1) is 7.45. The summed E-state index contributed by atoms with van der Waals surface area (Å²) >= 11 is 0. The average molecular weight is 221 g/mol. The van der Waals surface area contributed by atoms with Crippen molar-refractivity contribution in [2.24, 2.45) is 12.5 Å². The van der Waals surface area contributed by atoms with Crippen LogP contribution in [0.3, 0.4) is 0 Å². The minimum absolute atomic E-state index is 0.0681. The second-order valence-electron chi connectivity index (χ2n) is 5.05. The Morgan fingerprint density at radius 2 is 2.31 bits per heavy atom. The molecule has 1 heterocycles. The topological polar surface area (TPSA) is 29.9 Å². The fourth-order valence-electron chi connectivity index (χ4n) is 1.62. The molecule has 1 aromatic heterocycles. The Kier molecular flexibility index (Phi) is 4.30. The van der Waals surface area contributed by atoms with E-state index in [9.17, 15) is 0 Å². The zero-order chi connectivity index (χ0) is 12.2. The molecule has 1 N–H and O–H groups in total. The molecule has 0 fully saturated rings. The lowest BCUT2D eigenvalue weighted by molar-refractivity contribution is 0.369. The molecule has 3 heteroatoms. The van der Waals surface area contributed by atoms with Gasteiger partial charge in [0.1, 0.15) is 0 Å². The molecule has 0 saturated heterocycles. The minimum atomic E-state index is 0.0681. The standard InChI is InChI=1S/C13H23N3/c1-6-13(4,10-14-11(2)3)9-12-7-8-16(5)15-12/h6-8,11,14H,1,9-10H2,2-5H3. The van der Waals surface area contributed by atoms with Crippen LogP contribution in [0.1, 0.15) is 26.5 Å². The Morgan fingerprint density at radius 3 is 2.75 bits per heavy atom. The van der Waals surface area contributed by atoms with Crippen LogP contribution >= 0.6 is 0 Å². The number of nitrogens with zero attached hydrogens (tertiary/aromatic N) is 2. The van der Waals surface area contributed by atoms with Gasteiger partial charge in [0.25, 0.3) is 0 Å². The van der Waals surface area contributed by atoms with Crippen molar-refractivity contribution < 1.29 is 0 Å². The first kappa shape index (κ1) is 13.0. The monoisotopic (exact) mass is 221 g/mol. The summed E-state index contributed by atoms with van der Waals surface area (Å²) in [5.41, 5.74) is 1.19. The van der Waals surface area contributed by atoms with Crippen LogP contribution in [0.2, 0.25) is 0 Å². The van der Waals surface area contributed by atoms with Crippen LogP contribution in [-0.4, -0.2) is 22.4 Å². The average Bonchev–Trinajstić information content (AvgIpc) is 2.61. The van der Waals surface area contributed by atoms with E-state index in [-0.39, 0.29) is 5.41 Å². The molecule has 0 radical (unpaired) electrons. The van der Waals surface area contributed by atoms with Crippen LogP contribution in [0.25, 0.3) is 0 Å². The van der Waals surface area contributed by atoms with Crippen molar-refractivity contribution in [1.29, 1.82) is 0 Å². The first-order valence-corrected chi connectivity index (χ1v) is 5.81. The highest BCUT2D eigenvalue weighted by atomic mass is 15.2. The summed E-state index contributed by atoms with van der Waals surface area (Å²) in [7, 11) is 1.95. The summed E-state index contributed by atoms with van der Waals surface area (Å²) in [6.45, 7) is 11.4. The van der Waals surface area contributed by atoms with E-state index < -0.39 is 0 Å². The molecule has 1 atom stereocenters. The predicted molar refractivity (Wildman–Crippen MR) is 68.4 cm³/mol. The van der Waals surface area contributed by atoms with Crippen LogP contribution in [0, 0.1) is 5.41 Å². The lowest BCUT2D eigenvalue weighted by Gasteiger charge is -2.26. The molecule has 1 unspecified atom stereocenters. The van der Waals surface area contributed by atoms with E-state index in [4.69, 9.17) is 0 Å². The molecule has 90 valence electrons. The van der Waals surface area contributed by atoms with E-state index in [2.05, 4.69) is 43.8 Å². The molecule has 0 spiro atoms. The van der Waals surface area contributed by atoms with Gasteiger partial charge < -0.3 is 5.32 Å². The molecular formula is C13H23N3. The van der Waals surface area contributed by atoms with Gasteiger partial charge in [-0.25, -0.2) is 0 Å². The molecule has 0 saturated carbocycles. The van der Waals surface area contributed by atoms with Gasteiger partial charge in [-0.2, -0.15) is 5.10 Å². The number of hydrogen-bond donors (Lipinski definition) is 1. The molecule has 0 aromatic carbocycles.